The van der Waals surface area contributed by atoms with E-state index >= 15 is 0 Å². The molecule has 0 aliphatic carbocycles. The molecule has 1 saturated heterocycles. The molecule has 1 aliphatic heterocycles. The second-order valence-corrected chi connectivity index (χ2v) is 6.69. The lowest BCUT2D eigenvalue weighted by atomic mass is 10.4. The molecular formula is C13H20N4O2S. The Morgan fingerprint density at radius 3 is 2.60 bits per heavy atom. The van der Waals surface area contributed by atoms with E-state index in [-0.39, 0.29) is 4.90 Å². The summed E-state index contributed by atoms with van der Waals surface area (Å²) in [6.07, 6.45) is 3.12. The van der Waals surface area contributed by atoms with E-state index in [0.29, 0.717) is 25.5 Å². The fourth-order valence-electron chi connectivity index (χ4n) is 1.99. The standard InChI is InChI=1S/C13H20N4O2S/c1-3-6-14-13-5-4-12(11-15-13)20(18,19)17-9-7-16(2)8-10-17/h3-5,11H,1,6-10H2,2H3,(H,14,15). The zero-order chi connectivity index (χ0) is 14.6. The molecule has 2 rings (SSSR count). The van der Waals surface area contributed by atoms with Crippen LogP contribution in [0.1, 0.15) is 0 Å². The molecule has 0 bridgehead atoms. The first-order valence-corrected chi connectivity index (χ1v) is 7.97. The first-order valence-electron chi connectivity index (χ1n) is 6.53. The van der Waals surface area contributed by atoms with Gasteiger partial charge in [-0.05, 0) is 19.2 Å². The molecular weight excluding hydrogens is 276 g/mol. The van der Waals surface area contributed by atoms with E-state index in [0.717, 1.165) is 13.1 Å². The van der Waals surface area contributed by atoms with Crippen molar-refractivity contribution in [1.29, 1.82) is 0 Å². The van der Waals surface area contributed by atoms with Crippen molar-refractivity contribution in [3.63, 3.8) is 0 Å². The van der Waals surface area contributed by atoms with Crippen LogP contribution in [-0.2, 0) is 10.0 Å². The number of piperazine rings is 1. The number of hydrogen-bond donors (Lipinski definition) is 1. The van der Waals surface area contributed by atoms with Gasteiger partial charge in [-0.15, -0.1) is 6.58 Å². The molecule has 1 N–H and O–H groups in total. The van der Waals surface area contributed by atoms with Gasteiger partial charge in [0.05, 0.1) is 0 Å². The van der Waals surface area contributed by atoms with Crippen molar-refractivity contribution in [2.24, 2.45) is 0 Å². The van der Waals surface area contributed by atoms with Crippen LogP contribution in [0.3, 0.4) is 0 Å². The van der Waals surface area contributed by atoms with Crippen molar-refractivity contribution in [3.8, 4) is 0 Å². The maximum atomic E-state index is 12.5. The van der Waals surface area contributed by atoms with Crippen molar-refractivity contribution in [3.05, 3.63) is 31.0 Å². The largest absolute Gasteiger partial charge is 0.367 e. The molecule has 2 heterocycles. The molecule has 110 valence electrons. The highest BCUT2D eigenvalue weighted by molar-refractivity contribution is 7.89. The van der Waals surface area contributed by atoms with Gasteiger partial charge in [-0.1, -0.05) is 6.08 Å². The Hall–Kier alpha value is -1.44. The van der Waals surface area contributed by atoms with Gasteiger partial charge in [0.25, 0.3) is 0 Å². The summed E-state index contributed by atoms with van der Waals surface area (Å²) in [7, 11) is -1.43. The molecule has 0 saturated carbocycles. The van der Waals surface area contributed by atoms with Gasteiger partial charge in [0.1, 0.15) is 10.7 Å². The topological polar surface area (TPSA) is 65.5 Å². The smallest absolute Gasteiger partial charge is 0.244 e. The molecule has 0 amide bonds. The monoisotopic (exact) mass is 296 g/mol. The molecule has 7 heteroatoms. The first kappa shape index (κ1) is 15.0. The number of nitrogens with zero attached hydrogens (tertiary/aromatic N) is 3. The van der Waals surface area contributed by atoms with E-state index in [1.807, 2.05) is 7.05 Å². The molecule has 1 fully saturated rings. The average Bonchev–Trinajstić information content (AvgIpc) is 2.46. The highest BCUT2D eigenvalue weighted by Gasteiger charge is 2.27. The number of likely N-dealkylation sites (N-methyl/N-ethyl adjacent to an activating group) is 1. The highest BCUT2D eigenvalue weighted by Crippen LogP contribution is 2.17. The maximum absolute atomic E-state index is 12.5. The van der Waals surface area contributed by atoms with Crippen molar-refractivity contribution in [1.82, 2.24) is 14.2 Å². The van der Waals surface area contributed by atoms with Gasteiger partial charge in [0.2, 0.25) is 10.0 Å². The van der Waals surface area contributed by atoms with Crippen LogP contribution in [0.15, 0.2) is 35.9 Å². The van der Waals surface area contributed by atoms with Gasteiger partial charge in [-0.3, -0.25) is 0 Å². The van der Waals surface area contributed by atoms with Gasteiger partial charge in [0.15, 0.2) is 0 Å². The zero-order valence-electron chi connectivity index (χ0n) is 11.6. The number of pyridine rings is 1. The van der Waals surface area contributed by atoms with E-state index in [9.17, 15) is 8.42 Å². The minimum absolute atomic E-state index is 0.242. The molecule has 1 aromatic heterocycles. The molecule has 0 unspecified atom stereocenters. The maximum Gasteiger partial charge on any atom is 0.244 e. The summed E-state index contributed by atoms with van der Waals surface area (Å²) >= 11 is 0. The first-order chi connectivity index (χ1) is 9.54. The molecule has 20 heavy (non-hydrogen) atoms. The molecule has 0 aromatic carbocycles. The minimum Gasteiger partial charge on any atom is -0.367 e. The van der Waals surface area contributed by atoms with Crippen LogP contribution in [-0.4, -0.2) is 62.4 Å². The van der Waals surface area contributed by atoms with E-state index in [4.69, 9.17) is 0 Å². The summed E-state index contributed by atoms with van der Waals surface area (Å²) in [5, 5.41) is 3.01. The van der Waals surface area contributed by atoms with Crippen LogP contribution in [0.4, 0.5) is 5.82 Å². The van der Waals surface area contributed by atoms with Crippen LogP contribution in [0.2, 0.25) is 0 Å². The van der Waals surface area contributed by atoms with Crippen molar-refractivity contribution in [2.75, 3.05) is 45.1 Å². The van der Waals surface area contributed by atoms with Gasteiger partial charge in [0, 0.05) is 38.9 Å². The second-order valence-electron chi connectivity index (χ2n) is 4.76. The van der Waals surface area contributed by atoms with Crippen molar-refractivity contribution >= 4 is 15.8 Å². The van der Waals surface area contributed by atoms with Crippen molar-refractivity contribution < 1.29 is 8.42 Å². The molecule has 0 spiro atoms. The summed E-state index contributed by atoms with van der Waals surface area (Å²) in [6, 6.07) is 3.26. The van der Waals surface area contributed by atoms with Gasteiger partial charge < -0.3 is 10.2 Å². The highest BCUT2D eigenvalue weighted by atomic mass is 32.2. The Labute approximate surface area is 120 Å². The number of rotatable bonds is 5. The predicted octanol–water partition coefficient (Wildman–Crippen LogP) is 0.616. The van der Waals surface area contributed by atoms with E-state index in [2.05, 4.69) is 21.8 Å². The Bertz CT molecular complexity index is 548. The molecule has 6 nitrogen and oxygen atoms in total. The van der Waals surface area contributed by atoms with Crippen LogP contribution in [0.5, 0.6) is 0 Å². The average molecular weight is 296 g/mol. The van der Waals surface area contributed by atoms with E-state index < -0.39 is 10.0 Å². The van der Waals surface area contributed by atoms with Gasteiger partial charge in [-0.25, -0.2) is 13.4 Å². The van der Waals surface area contributed by atoms with Crippen LogP contribution >= 0.6 is 0 Å². The quantitative estimate of drug-likeness (QED) is 0.807. The number of aromatic nitrogens is 1. The number of nitrogens with one attached hydrogen (secondary N) is 1. The fraction of sp³-hybridized carbons (Fsp3) is 0.462. The molecule has 0 atom stereocenters. The molecule has 1 aromatic rings. The third-order valence-electron chi connectivity index (χ3n) is 3.26. The number of anilines is 1. The summed E-state index contributed by atoms with van der Waals surface area (Å²) in [4.78, 5) is 6.48. The SMILES string of the molecule is C=CCNc1ccc(S(=O)(=O)N2CCN(C)CC2)cn1. The normalized spacial score (nSPS) is 17.9. The van der Waals surface area contributed by atoms with E-state index in [1.165, 1.54) is 10.5 Å². The Balaban J connectivity index is 2.11. The Morgan fingerprint density at radius 2 is 2.05 bits per heavy atom. The summed E-state index contributed by atoms with van der Waals surface area (Å²) in [5.41, 5.74) is 0. The van der Waals surface area contributed by atoms with Crippen molar-refractivity contribution in [2.45, 2.75) is 4.90 Å². The van der Waals surface area contributed by atoms with Gasteiger partial charge in [-0.2, -0.15) is 4.31 Å². The lowest BCUT2D eigenvalue weighted by molar-refractivity contribution is 0.222. The predicted molar refractivity (Wildman–Crippen MR) is 79.2 cm³/mol. The number of hydrogen-bond acceptors (Lipinski definition) is 5. The minimum atomic E-state index is -3.43. The third-order valence-corrected chi connectivity index (χ3v) is 5.15. The van der Waals surface area contributed by atoms with Crippen LogP contribution < -0.4 is 5.32 Å². The molecule has 0 radical (unpaired) electrons. The van der Waals surface area contributed by atoms with Gasteiger partial charge >= 0.3 is 0 Å². The Kier molecular flexibility index (Phi) is 4.74. The Morgan fingerprint density at radius 1 is 1.35 bits per heavy atom. The second kappa shape index (κ2) is 6.34. The lowest BCUT2D eigenvalue weighted by Gasteiger charge is -2.31. The molecule has 1 aliphatic rings. The van der Waals surface area contributed by atoms with E-state index in [1.54, 1.807) is 18.2 Å². The summed E-state index contributed by atoms with van der Waals surface area (Å²) in [5.74, 6) is 0.641. The number of sulfonamides is 1. The summed E-state index contributed by atoms with van der Waals surface area (Å²) in [6.45, 7) is 6.76. The third kappa shape index (κ3) is 3.36. The fourth-order valence-corrected chi connectivity index (χ4v) is 3.36. The lowest BCUT2D eigenvalue weighted by Crippen LogP contribution is -2.47. The zero-order valence-corrected chi connectivity index (χ0v) is 12.4. The van der Waals surface area contributed by atoms with Crippen LogP contribution in [0, 0.1) is 0 Å². The van der Waals surface area contributed by atoms with Crippen LogP contribution in [0.25, 0.3) is 0 Å². The summed E-state index contributed by atoms with van der Waals surface area (Å²) < 4.78 is 26.4.